The molecule has 0 aliphatic heterocycles. The summed E-state index contributed by atoms with van der Waals surface area (Å²) in [7, 11) is 0. The third-order valence-corrected chi connectivity index (χ3v) is 3.36. The zero-order valence-electron chi connectivity index (χ0n) is 13.8. The Labute approximate surface area is 150 Å². The summed E-state index contributed by atoms with van der Waals surface area (Å²) in [4.78, 5) is 24.0. The zero-order valence-corrected chi connectivity index (χ0v) is 13.8. The van der Waals surface area contributed by atoms with E-state index < -0.39 is 0 Å². The predicted octanol–water partition coefficient (Wildman–Crippen LogP) is 4.58. The van der Waals surface area contributed by atoms with Crippen molar-refractivity contribution in [2.75, 3.05) is 16.0 Å². The lowest BCUT2D eigenvalue weighted by atomic mass is 10.2. The molecule has 3 rings (SSSR count). The molecule has 0 fully saturated rings. The summed E-state index contributed by atoms with van der Waals surface area (Å²) in [6.07, 6.45) is 4.49. The van der Waals surface area contributed by atoms with Crippen LogP contribution in [0.1, 0.15) is 5.76 Å². The van der Waals surface area contributed by atoms with Gasteiger partial charge in [0.25, 0.3) is 0 Å². The molecular formula is C20H17N3O3. The van der Waals surface area contributed by atoms with Crippen molar-refractivity contribution >= 4 is 35.1 Å². The zero-order chi connectivity index (χ0) is 18.2. The van der Waals surface area contributed by atoms with Gasteiger partial charge in [-0.15, -0.1) is 0 Å². The van der Waals surface area contributed by atoms with E-state index in [1.165, 1.54) is 12.3 Å². The molecule has 130 valence electrons. The summed E-state index contributed by atoms with van der Waals surface area (Å²) in [6.45, 7) is 0. The SMILES string of the molecule is O=C(/C=C/c1ccco1)Nc1cccc(NC(=O)Nc2ccccc2)c1. The van der Waals surface area contributed by atoms with Gasteiger partial charge in [-0.1, -0.05) is 24.3 Å². The molecule has 2 aromatic carbocycles. The quantitative estimate of drug-likeness (QED) is 0.591. The van der Waals surface area contributed by atoms with E-state index >= 15 is 0 Å². The van der Waals surface area contributed by atoms with E-state index in [-0.39, 0.29) is 11.9 Å². The van der Waals surface area contributed by atoms with Crippen LogP contribution in [0.25, 0.3) is 6.08 Å². The van der Waals surface area contributed by atoms with Crippen LogP contribution in [0.2, 0.25) is 0 Å². The number of anilines is 3. The van der Waals surface area contributed by atoms with E-state index in [1.807, 2.05) is 18.2 Å². The molecule has 1 heterocycles. The highest BCUT2D eigenvalue weighted by molar-refractivity contribution is 6.03. The number of hydrogen-bond acceptors (Lipinski definition) is 3. The number of nitrogens with one attached hydrogen (secondary N) is 3. The van der Waals surface area contributed by atoms with Crippen LogP contribution < -0.4 is 16.0 Å². The van der Waals surface area contributed by atoms with Gasteiger partial charge in [-0.05, 0) is 48.5 Å². The number of para-hydroxylation sites is 1. The first-order chi connectivity index (χ1) is 12.7. The number of hydrogen-bond donors (Lipinski definition) is 3. The van der Waals surface area contributed by atoms with Crippen molar-refractivity contribution in [3.8, 4) is 0 Å². The van der Waals surface area contributed by atoms with Crippen LogP contribution in [0.3, 0.4) is 0 Å². The number of furan rings is 1. The first kappa shape index (κ1) is 17.0. The summed E-state index contributed by atoms with van der Waals surface area (Å²) >= 11 is 0. The number of benzene rings is 2. The number of carbonyl (C=O) groups is 2. The molecule has 0 radical (unpaired) electrons. The third kappa shape index (κ3) is 5.10. The largest absolute Gasteiger partial charge is 0.465 e. The van der Waals surface area contributed by atoms with Gasteiger partial charge in [0.05, 0.1) is 6.26 Å². The Bertz CT molecular complexity index is 903. The summed E-state index contributed by atoms with van der Waals surface area (Å²) in [5.74, 6) is 0.292. The van der Waals surface area contributed by atoms with Gasteiger partial charge in [0.2, 0.25) is 5.91 Å². The normalized spacial score (nSPS) is 10.5. The molecule has 1 aromatic heterocycles. The van der Waals surface area contributed by atoms with Gasteiger partial charge >= 0.3 is 6.03 Å². The second-order valence-electron chi connectivity index (χ2n) is 5.36. The number of carbonyl (C=O) groups excluding carboxylic acids is 2. The van der Waals surface area contributed by atoms with Crippen molar-refractivity contribution < 1.29 is 14.0 Å². The third-order valence-electron chi connectivity index (χ3n) is 3.36. The maximum absolute atomic E-state index is 12.0. The van der Waals surface area contributed by atoms with Gasteiger partial charge in [0.15, 0.2) is 0 Å². The number of urea groups is 1. The average Bonchev–Trinajstić information content (AvgIpc) is 3.14. The predicted molar refractivity (Wildman–Crippen MR) is 102 cm³/mol. The average molecular weight is 347 g/mol. The van der Waals surface area contributed by atoms with Gasteiger partial charge < -0.3 is 20.4 Å². The topological polar surface area (TPSA) is 83.4 Å². The molecule has 0 atom stereocenters. The van der Waals surface area contributed by atoms with Crippen LogP contribution >= 0.6 is 0 Å². The minimum atomic E-state index is -0.364. The summed E-state index contributed by atoms with van der Waals surface area (Å²) in [5, 5.41) is 8.18. The molecule has 3 amide bonds. The fourth-order valence-electron chi connectivity index (χ4n) is 2.22. The molecule has 0 aliphatic carbocycles. The van der Waals surface area contributed by atoms with E-state index in [4.69, 9.17) is 4.42 Å². The van der Waals surface area contributed by atoms with Crippen molar-refractivity contribution in [3.63, 3.8) is 0 Å². The Kier molecular flexibility index (Phi) is 5.47. The van der Waals surface area contributed by atoms with Crippen molar-refractivity contribution in [1.82, 2.24) is 0 Å². The van der Waals surface area contributed by atoms with Crippen LogP contribution in [-0.4, -0.2) is 11.9 Å². The number of amides is 3. The maximum Gasteiger partial charge on any atom is 0.323 e. The monoisotopic (exact) mass is 347 g/mol. The molecule has 0 spiro atoms. The summed E-state index contributed by atoms with van der Waals surface area (Å²) in [6, 6.07) is 19.1. The smallest absolute Gasteiger partial charge is 0.323 e. The summed E-state index contributed by atoms with van der Waals surface area (Å²) in [5.41, 5.74) is 1.82. The van der Waals surface area contributed by atoms with Crippen molar-refractivity contribution in [2.45, 2.75) is 0 Å². The second kappa shape index (κ2) is 8.34. The Balaban J connectivity index is 1.57. The molecule has 6 heteroatoms. The van der Waals surface area contributed by atoms with E-state index in [2.05, 4.69) is 16.0 Å². The minimum absolute atomic E-state index is 0.299. The molecule has 0 bridgehead atoms. The van der Waals surface area contributed by atoms with Crippen molar-refractivity contribution in [3.05, 3.63) is 84.8 Å². The van der Waals surface area contributed by atoms with E-state index in [0.717, 1.165) is 0 Å². The Morgan fingerprint density at radius 3 is 2.19 bits per heavy atom. The van der Waals surface area contributed by atoms with Gasteiger partial charge in [0.1, 0.15) is 5.76 Å². The van der Waals surface area contributed by atoms with E-state index in [1.54, 1.807) is 54.6 Å². The van der Waals surface area contributed by atoms with Crippen LogP contribution in [-0.2, 0) is 4.79 Å². The van der Waals surface area contributed by atoms with Crippen LogP contribution in [0.15, 0.2) is 83.5 Å². The van der Waals surface area contributed by atoms with Gasteiger partial charge in [-0.3, -0.25) is 4.79 Å². The van der Waals surface area contributed by atoms with Crippen LogP contribution in [0.4, 0.5) is 21.9 Å². The summed E-state index contributed by atoms with van der Waals surface area (Å²) < 4.78 is 5.12. The lowest BCUT2D eigenvalue weighted by Crippen LogP contribution is -2.19. The second-order valence-corrected chi connectivity index (χ2v) is 5.36. The van der Waals surface area contributed by atoms with Crippen LogP contribution in [0.5, 0.6) is 0 Å². The lowest BCUT2D eigenvalue weighted by Gasteiger charge is -2.09. The molecule has 3 aromatic rings. The molecule has 0 unspecified atom stereocenters. The fourth-order valence-corrected chi connectivity index (χ4v) is 2.22. The van der Waals surface area contributed by atoms with Crippen molar-refractivity contribution in [1.29, 1.82) is 0 Å². The Hall–Kier alpha value is -3.80. The Morgan fingerprint density at radius 2 is 1.46 bits per heavy atom. The molecule has 0 saturated carbocycles. The highest BCUT2D eigenvalue weighted by atomic mass is 16.3. The molecule has 3 N–H and O–H groups in total. The van der Waals surface area contributed by atoms with E-state index in [9.17, 15) is 9.59 Å². The molecule has 26 heavy (non-hydrogen) atoms. The Morgan fingerprint density at radius 1 is 0.769 bits per heavy atom. The van der Waals surface area contributed by atoms with Crippen LogP contribution in [0, 0.1) is 0 Å². The minimum Gasteiger partial charge on any atom is -0.465 e. The van der Waals surface area contributed by atoms with E-state index in [0.29, 0.717) is 22.8 Å². The first-order valence-corrected chi connectivity index (χ1v) is 7.95. The van der Waals surface area contributed by atoms with Gasteiger partial charge in [-0.2, -0.15) is 0 Å². The molecule has 0 aliphatic rings. The highest BCUT2D eigenvalue weighted by Gasteiger charge is 2.04. The standard InChI is InChI=1S/C20H17N3O3/c24-19(12-11-18-10-5-13-26-18)21-16-8-4-9-17(14-16)23-20(25)22-15-6-2-1-3-7-15/h1-14H,(H,21,24)(H2,22,23,25)/b12-11+. The maximum atomic E-state index is 12.0. The van der Waals surface area contributed by atoms with Gasteiger partial charge in [-0.25, -0.2) is 4.79 Å². The molecular weight excluding hydrogens is 330 g/mol. The molecule has 0 saturated heterocycles. The first-order valence-electron chi connectivity index (χ1n) is 7.95. The highest BCUT2D eigenvalue weighted by Crippen LogP contribution is 2.16. The lowest BCUT2D eigenvalue weighted by molar-refractivity contribution is -0.111. The molecule has 6 nitrogen and oxygen atoms in total. The fraction of sp³-hybridized carbons (Fsp3) is 0. The van der Waals surface area contributed by atoms with Gasteiger partial charge in [0, 0.05) is 23.1 Å². The van der Waals surface area contributed by atoms with Crippen molar-refractivity contribution in [2.24, 2.45) is 0 Å². The number of rotatable bonds is 5.